The largest absolute Gasteiger partial charge is 0.355 e. The van der Waals surface area contributed by atoms with Crippen LogP contribution in [0.5, 0.6) is 0 Å². The van der Waals surface area contributed by atoms with Gasteiger partial charge in [0.25, 0.3) is 0 Å². The van der Waals surface area contributed by atoms with Crippen molar-refractivity contribution in [2.24, 2.45) is 4.99 Å². The van der Waals surface area contributed by atoms with E-state index in [1.165, 1.54) is 37.0 Å². The highest BCUT2D eigenvalue weighted by molar-refractivity contribution is 14.0. The van der Waals surface area contributed by atoms with Crippen LogP contribution in [0, 0.1) is 0 Å². The molecule has 0 aromatic heterocycles. The van der Waals surface area contributed by atoms with Crippen LogP contribution >= 0.6 is 24.0 Å². The smallest absolute Gasteiger partial charge is 0.324 e. The summed E-state index contributed by atoms with van der Waals surface area (Å²) in [4.78, 5) is 28.2. The second-order valence-corrected chi connectivity index (χ2v) is 5.18. The van der Waals surface area contributed by atoms with Gasteiger partial charge in [0.15, 0.2) is 5.96 Å². The summed E-state index contributed by atoms with van der Waals surface area (Å²) in [6.45, 7) is 0.968. The second kappa shape index (κ2) is 9.06. The summed E-state index contributed by atoms with van der Waals surface area (Å²) in [5, 5.41) is 9.04. The average molecular weight is 409 g/mol. The van der Waals surface area contributed by atoms with Gasteiger partial charge < -0.3 is 16.0 Å². The number of urea groups is 1. The number of nitrogens with one attached hydrogen (secondary N) is 3. The van der Waals surface area contributed by atoms with Gasteiger partial charge >= 0.3 is 6.03 Å². The fourth-order valence-electron chi connectivity index (χ4n) is 2.60. The fourth-order valence-corrected chi connectivity index (χ4v) is 2.60. The lowest BCUT2D eigenvalue weighted by Gasteiger charge is -2.25. The van der Waals surface area contributed by atoms with E-state index in [1.807, 2.05) is 0 Å². The van der Waals surface area contributed by atoms with Crippen LogP contribution in [0.25, 0.3) is 0 Å². The Balaban J connectivity index is 0.00000220. The highest BCUT2D eigenvalue weighted by atomic mass is 127. The Bertz CT molecular complexity index is 380. The lowest BCUT2D eigenvalue weighted by molar-refractivity contribution is -0.124. The molecule has 2 aliphatic rings. The van der Waals surface area contributed by atoms with E-state index in [9.17, 15) is 9.59 Å². The quantitative estimate of drug-likeness (QED) is 0.276. The molecule has 0 aromatic rings. The first-order valence-electron chi connectivity index (χ1n) is 7.26. The molecule has 2 rings (SSSR count). The molecule has 0 radical (unpaired) electrons. The monoisotopic (exact) mass is 409 g/mol. The normalized spacial score (nSPS) is 20.0. The van der Waals surface area contributed by atoms with Crippen molar-refractivity contribution in [3.05, 3.63) is 0 Å². The molecule has 0 unspecified atom stereocenters. The topological polar surface area (TPSA) is 85.8 Å². The van der Waals surface area contributed by atoms with E-state index in [0.717, 1.165) is 5.96 Å². The number of halogens is 1. The maximum absolute atomic E-state index is 11.4. The first kappa shape index (κ1) is 18.0. The minimum atomic E-state index is -0.313. The number of nitrogens with zero attached hydrogens (tertiary/aromatic N) is 2. The van der Waals surface area contributed by atoms with Crippen LogP contribution in [0.2, 0.25) is 0 Å². The molecule has 3 amide bonds. The zero-order valence-electron chi connectivity index (χ0n) is 12.4. The minimum Gasteiger partial charge on any atom is -0.355 e. The minimum absolute atomic E-state index is 0. The molecular formula is C13H24IN5O2. The van der Waals surface area contributed by atoms with Crippen molar-refractivity contribution in [3.63, 3.8) is 0 Å². The van der Waals surface area contributed by atoms with E-state index in [-0.39, 0.29) is 42.5 Å². The maximum atomic E-state index is 11.4. The van der Waals surface area contributed by atoms with E-state index in [1.54, 1.807) is 7.05 Å². The summed E-state index contributed by atoms with van der Waals surface area (Å²) in [7, 11) is 1.73. The van der Waals surface area contributed by atoms with Crippen LogP contribution < -0.4 is 16.0 Å². The standard InChI is InChI=1S/C13H23N5O2.HI/c1-14-12(17-10-5-3-2-4-6-10)15-7-8-18-11(19)9-16-13(18)20;/h10H,2-9H2,1H3,(H,16,20)(H2,14,15,17);1H. The number of aliphatic imine (C=N–C) groups is 1. The van der Waals surface area contributed by atoms with Crippen molar-refractivity contribution in [1.82, 2.24) is 20.9 Å². The highest BCUT2D eigenvalue weighted by Crippen LogP contribution is 2.17. The molecule has 2 fully saturated rings. The first-order valence-corrected chi connectivity index (χ1v) is 7.26. The Morgan fingerprint density at radius 3 is 2.62 bits per heavy atom. The fraction of sp³-hybridized carbons (Fsp3) is 0.769. The molecule has 1 saturated carbocycles. The van der Waals surface area contributed by atoms with Crippen molar-refractivity contribution in [2.75, 3.05) is 26.7 Å². The summed E-state index contributed by atoms with van der Waals surface area (Å²) in [5.74, 6) is 0.566. The third kappa shape index (κ3) is 5.33. The molecule has 1 aliphatic heterocycles. The summed E-state index contributed by atoms with van der Waals surface area (Å²) in [6, 6.07) is 0.165. The summed E-state index contributed by atoms with van der Waals surface area (Å²) < 4.78 is 0. The molecule has 0 aromatic carbocycles. The Hall–Kier alpha value is -1.06. The third-order valence-electron chi connectivity index (χ3n) is 3.73. The SMILES string of the molecule is CN=C(NCCN1C(=O)CNC1=O)NC1CCCCC1.I. The van der Waals surface area contributed by atoms with Crippen LogP contribution in [-0.2, 0) is 4.79 Å². The van der Waals surface area contributed by atoms with E-state index in [4.69, 9.17) is 0 Å². The third-order valence-corrected chi connectivity index (χ3v) is 3.73. The molecule has 0 bridgehead atoms. The predicted molar refractivity (Wildman–Crippen MR) is 91.9 cm³/mol. The molecule has 1 saturated heterocycles. The molecular weight excluding hydrogens is 385 g/mol. The van der Waals surface area contributed by atoms with Crippen molar-refractivity contribution in [3.8, 4) is 0 Å². The first-order chi connectivity index (χ1) is 9.70. The van der Waals surface area contributed by atoms with Crippen molar-refractivity contribution in [1.29, 1.82) is 0 Å². The van der Waals surface area contributed by atoms with Gasteiger partial charge in [-0.25, -0.2) is 4.79 Å². The predicted octanol–water partition coefficient (Wildman–Crippen LogP) is 0.654. The van der Waals surface area contributed by atoms with E-state index in [0.29, 0.717) is 19.1 Å². The van der Waals surface area contributed by atoms with Crippen LogP contribution in [-0.4, -0.2) is 55.5 Å². The molecule has 1 heterocycles. The van der Waals surface area contributed by atoms with Crippen LogP contribution in [0.3, 0.4) is 0 Å². The number of hydrogen-bond donors (Lipinski definition) is 3. The Morgan fingerprint density at radius 1 is 1.33 bits per heavy atom. The lowest BCUT2D eigenvalue weighted by atomic mass is 9.96. The van der Waals surface area contributed by atoms with Crippen molar-refractivity contribution >= 4 is 41.9 Å². The number of hydrogen-bond acceptors (Lipinski definition) is 3. The number of amides is 3. The zero-order chi connectivity index (χ0) is 14.4. The van der Waals surface area contributed by atoms with Crippen LogP contribution in [0.4, 0.5) is 4.79 Å². The molecule has 0 atom stereocenters. The van der Waals surface area contributed by atoms with Gasteiger partial charge in [-0.05, 0) is 12.8 Å². The number of rotatable bonds is 4. The molecule has 120 valence electrons. The lowest BCUT2D eigenvalue weighted by Crippen LogP contribution is -2.47. The van der Waals surface area contributed by atoms with E-state index >= 15 is 0 Å². The van der Waals surface area contributed by atoms with Gasteiger partial charge in [-0.3, -0.25) is 14.7 Å². The van der Waals surface area contributed by atoms with Crippen LogP contribution in [0.1, 0.15) is 32.1 Å². The summed E-state index contributed by atoms with van der Waals surface area (Å²) >= 11 is 0. The van der Waals surface area contributed by atoms with Gasteiger partial charge in [0.1, 0.15) is 0 Å². The number of carbonyl (C=O) groups excluding carboxylic acids is 2. The highest BCUT2D eigenvalue weighted by Gasteiger charge is 2.27. The summed E-state index contributed by atoms with van der Waals surface area (Å²) in [5.41, 5.74) is 0. The number of carbonyl (C=O) groups is 2. The van der Waals surface area contributed by atoms with Crippen molar-refractivity contribution < 1.29 is 9.59 Å². The maximum Gasteiger partial charge on any atom is 0.324 e. The van der Waals surface area contributed by atoms with Gasteiger partial charge in [0.2, 0.25) is 5.91 Å². The Morgan fingerprint density at radius 2 is 2.05 bits per heavy atom. The molecule has 1 aliphatic carbocycles. The number of imide groups is 1. The van der Waals surface area contributed by atoms with Gasteiger partial charge in [-0.15, -0.1) is 24.0 Å². The second-order valence-electron chi connectivity index (χ2n) is 5.18. The molecule has 21 heavy (non-hydrogen) atoms. The van der Waals surface area contributed by atoms with Gasteiger partial charge in [-0.1, -0.05) is 19.3 Å². The molecule has 0 spiro atoms. The number of guanidine groups is 1. The molecule has 7 nitrogen and oxygen atoms in total. The van der Waals surface area contributed by atoms with E-state index < -0.39 is 0 Å². The summed E-state index contributed by atoms with van der Waals surface area (Å²) in [6.07, 6.45) is 6.19. The van der Waals surface area contributed by atoms with Gasteiger partial charge in [0.05, 0.1) is 6.54 Å². The zero-order valence-corrected chi connectivity index (χ0v) is 14.7. The van der Waals surface area contributed by atoms with Crippen LogP contribution in [0.15, 0.2) is 4.99 Å². The Labute approximate surface area is 142 Å². The van der Waals surface area contributed by atoms with Gasteiger partial charge in [0, 0.05) is 26.2 Å². The molecule has 8 heteroatoms. The Kier molecular flexibility index (Phi) is 7.76. The van der Waals surface area contributed by atoms with Crippen molar-refractivity contribution in [2.45, 2.75) is 38.1 Å². The molecule has 3 N–H and O–H groups in total. The average Bonchev–Trinajstić information content (AvgIpc) is 2.79. The van der Waals surface area contributed by atoms with Gasteiger partial charge in [-0.2, -0.15) is 0 Å². The van der Waals surface area contributed by atoms with E-state index in [2.05, 4.69) is 20.9 Å².